The minimum atomic E-state index is -0.191. The van der Waals surface area contributed by atoms with E-state index in [1.54, 1.807) is 4.90 Å². The standard InChI is InChI=1S/C9H14N2O2S/c12-8(7-1-2-7)10-3-5-11(6-4-10)9(13)14/h7H,1-6H2,(H,13,14). The molecule has 4 nitrogen and oxygen atoms in total. The monoisotopic (exact) mass is 214 g/mol. The number of amides is 2. The lowest BCUT2D eigenvalue weighted by molar-refractivity contribution is -0.133. The lowest BCUT2D eigenvalue weighted by atomic mass is 10.3. The average Bonchev–Trinajstić information content (AvgIpc) is 3.00. The van der Waals surface area contributed by atoms with E-state index >= 15 is 0 Å². The van der Waals surface area contributed by atoms with E-state index in [-0.39, 0.29) is 17.1 Å². The summed E-state index contributed by atoms with van der Waals surface area (Å²) in [5.41, 5.74) is 0. The molecule has 0 aromatic rings. The van der Waals surface area contributed by atoms with Crippen molar-refractivity contribution in [3.63, 3.8) is 0 Å². The van der Waals surface area contributed by atoms with Gasteiger partial charge in [0, 0.05) is 32.1 Å². The van der Waals surface area contributed by atoms with Crippen LogP contribution in [0.5, 0.6) is 0 Å². The highest BCUT2D eigenvalue weighted by molar-refractivity contribution is 7.96. The van der Waals surface area contributed by atoms with Crippen molar-refractivity contribution in [2.75, 3.05) is 26.2 Å². The molecule has 2 fully saturated rings. The molecule has 0 atom stereocenters. The Morgan fingerprint density at radius 3 is 1.93 bits per heavy atom. The van der Waals surface area contributed by atoms with Crippen molar-refractivity contribution in [2.45, 2.75) is 12.8 Å². The van der Waals surface area contributed by atoms with E-state index in [9.17, 15) is 9.59 Å². The number of hydrogen-bond donors (Lipinski definition) is 1. The van der Waals surface area contributed by atoms with Crippen molar-refractivity contribution in [3.8, 4) is 0 Å². The first-order valence-electron chi connectivity index (χ1n) is 4.95. The van der Waals surface area contributed by atoms with E-state index < -0.39 is 0 Å². The summed E-state index contributed by atoms with van der Waals surface area (Å²) in [6, 6.07) is 0. The molecular weight excluding hydrogens is 200 g/mol. The molecule has 1 heterocycles. The molecule has 1 saturated heterocycles. The van der Waals surface area contributed by atoms with Gasteiger partial charge in [0.15, 0.2) is 0 Å². The minimum absolute atomic E-state index is 0.191. The summed E-state index contributed by atoms with van der Waals surface area (Å²) >= 11 is 3.76. The van der Waals surface area contributed by atoms with Gasteiger partial charge in [0.25, 0.3) is 5.24 Å². The molecule has 0 spiro atoms. The number of piperazine rings is 1. The molecule has 1 aliphatic heterocycles. The fourth-order valence-corrected chi connectivity index (χ4v) is 1.91. The maximum atomic E-state index is 11.6. The molecule has 0 N–H and O–H groups in total. The van der Waals surface area contributed by atoms with Gasteiger partial charge in [0.1, 0.15) is 0 Å². The Bertz CT molecular complexity index is 258. The molecule has 0 unspecified atom stereocenters. The van der Waals surface area contributed by atoms with Crippen LogP contribution in [0.1, 0.15) is 12.8 Å². The molecule has 2 amide bonds. The first-order chi connectivity index (χ1) is 6.68. The molecule has 1 saturated carbocycles. The SMILES string of the molecule is O=C(S)N1CCN(C(=O)C2CC2)CC1. The topological polar surface area (TPSA) is 40.6 Å². The first-order valence-corrected chi connectivity index (χ1v) is 5.40. The molecular formula is C9H14N2O2S. The van der Waals surface area contributed by atoms with Crippen LogP contribution in [0.15, 0.2) is 0 Å². The van der Waals surface area contributed by atoms with Gasteiger partial charge in [0.2, 0.25) is 5.91 Å². The van der Waals surface area contributed by atoms with E-state index in [0.29, 0.717) is 26.2 Å². The number of hydrogen-bond acceptors (Lipinski definition) is 2. The van der Waals surface area contributed by atoms with Gasteiger partial charge in [0.05, 0.1) is 0 Å². The predicted molar refractivity (Wildman–Crippen MR) is 55.3 cm³/mol. The smallest absolute Gasteiger partial charge is 0.278 e. The van der Waals surface area contributed by atoms with Crippen molar-refractivity contribution >= 4 is 23.8 Å². The van der Waals surface area contributed by atoms with Crippen LogP contribution in [-0.4, -0.2) is 47.1 Å². The lowest BCUT2D eigenvalue weighted by Gasteiger charge is -2.33. The molecule has 0 bridgehead atoms. The highest BCUT2D eigenvalue weighted by Gasteiger charge is 2.34. The maximum absolute atomic E-state index is 11.6. The van der Waals surface area contributed by atoms with Crippen molar-refractivity contribution in [2.24, 2.45) is 5.92 Å². The van der Waals surface area contributed by atoms with Crippen LogP contribution in [0, 0.1) is 5.92 Å². The third-order valence-electron chi connectivity index (χ3n) is 2.79. The van der Waals surface area contributed by atoms with E-state index in [1.165, 1.54) is 0 Å². The van der Waals surface area contributed by atoms with Crippen LogP contribution in [-0.2, 0) is 4.79 Å². The molecule has 78 valence electrons. The molecule has 1 aliphatic carbocycles. The van der Waals surface area contributed by atoms with Crippen LogP contribution in [0.4, 0.5) is 4.79 Å². The van der Waals surface area contributed by atoms with Gasteiger partial charge >= 0.3 is 0 Å². The van der Waals surface area contributed by atoms with Gasteiger partial charge in [-0.05, 0) is 12.8 Å². The number of carbonyl (C=O) groups is 2. The summed E-state index contributed by atoms with van der Waals surface area (Å²) in [4.78, 5) is 26.1. The normalized spacial score (nSPS) is 22.4. The van der Waals surface area contributed by atoms with Gasteiger partial charge in [-0.25, -0.2) is 0 Å². The summed E-state index contributed by atoms with van der Waals surface area (Å²) < 4.78 is 0. The first kappa shape index (κ1) is 9.83. The van der Waals surface area contributed by atoms with Crippen LogP contribution in [0.2, 0.25) is 0 Å². The zero-order chi connectivity index (χ0) is 10.1. The van der Waals surface area contributed by atoms with Crippen molar-refractivity contribution in [1.29, 1.82) is 0 Å². The van der Waals surface area contributed by atoms with Gasteiger partial charge in [-0.1, -0.05) is 12.6 Å². The average molecular weight is 214 g/mol. The Labute approximate surface area is 88.6 Å². The number of rotatable bonds is 1. The fraction of sp³-hybridized carbons (Fsp3) is 0.778. The molecule has 0 aromatic heterocycles. The summed E-state index contributed by atoms with van der Waals surface area (Å²) in [6.45, 7) is 2.59. The predicted octanol–water partition coefficient (Wildman–Crippen LogP) is 0.590. The van der Waals surface area contributed by atoms with E-state index in [1.807, 2.05) is 4.90 Å². The summed E-state index contributed by atoms with van der Waals surface area (Å²) in [5.74, 6) is 0.560. The van der Waals surface area contributed by atoms with Gasteiger partial charge in [-0.3, -0.25) is 9.59 Å². The maximum Gasteiger partial charge on any atom is 0.278 e. The second-order valence-corrected chi connectivity index (χ2v) is 4.25. The Balaban J connectivity index is 1.83. The van der Waals surface area contributed by atoms with E-state index in [0.717, 1.165) is 12.8 Å². The molecule has 0 aromatic carbocycles. The van der Waals surface area contributed by atoms with Crippen molar-refractivity contribution in [1.82, 2.24) is 9.80 Å². The number of thiol groups is 1. The highest BCUT2D eigenvalue weighted by Crippen LogP contribution is 2.31. The minimum Gasteiger partial charge on any atom is -0.339 e. The Hall–Kier alpha value is -0.710. The molecule has 0 radical (unpaired) electrons. The second kappa shape index (κ2) is 3.81. The lowest BCUT2D eigenvalue weighted by Crippen LogP contribution is -2.49. The quantitative estimate of drug-likeness (QED) is 0.649. The number of nitrogens with zero attached hydrogens (tertiary/aromatic N) is 2. The van der Waals surface area contributed by atoms with Gasteiger partial charge in [-0.2, -0.15) is 0 Å². The molecule has 2 aliphatic rings. The van der Waals surface area contributed by atoms with Crippen molar-refractivity contribution in [3.05, 3.63) is 0 Å². The van der Waals surface area contributed by atoms with Gasteiger partial charge < -0.3 is 9.80 Å². The molecule has 2 rings (SSSR count). The van der Waals surface area contributed by atoms with Crippen LogP contribution in [0.3, 0.4) is 0 Å². The molecule has 5 heteroatoms. The van der Waals surface area contributed by atoms with Crippen LogP contribution >= 0.6 is 12.6 Å². The largest absolute Gasteiger partial charge is 0.339 e. The fourth-order valence-electron chi connectivity index (χ4n) is 1.71. The van der Waals surface area contributed by atoms with Crippen LogP contribution < -0.4 is 0 Å². The zero-order valence-corrected chi connectivity index (χ0v) is 8.87. The summed E-state index contributed by atoms with van der Waals surface area (Å²) in [5, 5.41) is -0.191. The van der Waals surface area contributed by atoms with Crippen molar-refractivity contribution < 1.29 is 9.59 Å². The highest BCUT2D eigenvalue weighted by atomic mass is 32.1. The Kier molecular flexibility index (Phi) is 2.67. The summed E-state index contributed by atoms with van der Waals surface area (Å²) in [7, 11) is 0. The Morgan fingerprint density at radius 2 is 1.50 bits per heavy atom. The van der Waals surface area contributed by atoms with Gasteiger partial charge in [-0.15, -0.1) is 0 Å². The van der Waals surface area contributed by atoms with E-state index in [2.05, 4.69) is 12.6 Å². The van der Waals surface area contributed by atoms with E-state index in [4.69, 9.17) is 0 Å². The second-order valence-electron chi connectivity index (χ2n) is 3.87. The van der Waals surface area contributed by atoms with Crippen LogP contribution in [0.25, 0.3) is 0 Å². The summed E-state index contributed by atoms with van der Waals surface area (Å²) in [6.07, 6.45) is 2.09. The Morgan fingerprint density at radius 1 is 1.00 bits per heavy atom. The zero-order valence-electron chi connectivity index (χ0n) is 7.98. The number of carbonyl (C=O) groups excluding carboxylic acids is 2. The molecule has 14 heavy (non-hydrogen) atoms. The third kappa shape index (κ3) is 2.03. The third-order valence-corrected chi connectivity index (χ3v) is 3.07.